The van der Waals surface area contributed by atoms with Gasteiger partial charge in [-0.2, -0.15) is 0 Å². The van der Waals surface area contributed by atoms with Gasteiger partial charge in [0.05, 0.1) is 5.69 Å². The van der Waals surface area contributed by atoms with Gasteiger partial charge in [-0.3, -0.25) is 4.79 Å². The molecule has 1 amide bonds. The van der Waals surface area contributed by atoms with Gasteiger partial charge in [-0.05, 0) is 51.2 Å². The smallest absolute Gasteiger partial charge is 0.267 e. The van der Waals surface area contributed by atoms with Gasteiger partial charge in [0.15, 0.2) is 6.10 Å². The predicted octanol–water partition coefficient (Wildman–Crippen LogP) is 3.19. The zero-order valence-electron chi connectivity index (χ0n) is 12.9. The van der Waals surface area contributed by atoms with Gasteiger partial charge in [0.25, 0.3) is 5.91 Å². The number of amides is 1. The lowest BCUT2D eigenvalue weighted by Crippen LogP contribution is -2.45. The molecule has 1 atom stereocenters. The number of carbonyl (C=O) groups is 1. The topological polar surface area (TPSA) is 32.8 Å². The molecule has 2 rings (SSSR count). The van der Waals surface area contributed by atoms with E-state index in [2.05, 4.69) is 18.7 Å². The number of halogens is 1. The van der Waals surface area contributed by atoms with Crippen molar-refractivity contribution >= 4 is 23.2 Å². The maximum Gasteiger partial charge on any atom is 0.267 e. The van der Waals surface area contributed by atoms with Crippen molar-refractivity contribution in [2.45, 2.75) is 33.3 Å². The fraction of sp³-hybridized carbons (Fsp3) is 0.562. The number of rotatable bonds is 6. The molecule has 0 aliphatic carbocycles. The summed E-state index contributed by atoms with van der Waals surface area (Å²) in [6, 6.07) is 5.42. The Balaban J connectivity index is 2.10. The highest BCUT2D eigenvalue weighted by atomic mass is 35.5. The molecule has 1 unspecified atom stereocenters. The first-order valence-corrected chi connectivity index (χ1v) is 7.94. The number of hydrogen-bond acceptors (Lipinski definition) is 3. The standard InChI is InChI=1S/C16H23ClN2O2/c1-4-18(5-2)9-6-10-19-14-11-13(17)7-8-15(14)21-12(3)16(19)20/h7-8,11-12H,4-6,9-10H2,1-3H3. The minimum Gasteiger partial charge on any atom is -0.479 e. The van der Waals surface area contributed by atoms with Crippen molar-refractivity contribution < 1.29 is 9.53 Å². The van der Waals surface area contributed by atoms with Crippen LogP contribution >= 0.6 is 11.6 Å². The molecule has 0 saturated heterocycles. The summed E-state index contributed by atoms with van der Waals surface area (Å²) in [4.78, 5) is 16.5. The van der Waals surface area contributed by atoms with Crippen LogP contribution in [0.1, 0.15) is 27.2 Å². The molecule has 0 spiro atoms. The summed E-state index contributed by atoms with van der Waals surface area (Å²) in [5.74, 6) is 0.735. The van der Waals surface area contributed by atoms with E-state index >= 15 is 0 Å². The summed E-state index contributed by atoms with van der Waals surface area (Å²) in [5, 5.41) is 0.619. The fourth-order valence-electron chi connectivity index (χ4n) is 2.60. The number of hydrogen-bond donors (Lipinski definition) is 0. The number of fused-ring (bicyclic) bond motifs is 1. The summed E-state index contributed by atoms with van der Waals surface area (Å²) < 4.78 is 5.64. The minimum atomic E-state index is -0.438. The van der Waals surface area contributed by atoms with Crippen LogP contribution in [0.5, 0.6) is 5.75 Å². The van der Waals surface area contributed by atoms with Crippen LogP contribution in [0, 0.1) is 0 Å². The van der Waals surface area contributed by atoms with Crippen molar-refractivity contribution in [2.75, 3.05) is 31.1 Å². The van der Waals surface area contributed by atoms with E-state index in [9.17, 15) is 4.79 Å². The molecule has 0 aromatic heterocycles. The molecule has 0 fully saturated rings. The van der Waals surface area contributed by atoms with Crippen LogP contribution in [0.25, 0.3) is 0 Å². The first-order valence-electron chi connectivity index (χ1n) is 7.56. The summed E-state index contributed by atoms with van der Waals surface area (Å²) in [7, 11) is 0. The summed E-state index contributed by atoms with van der Waals surface area (Å²) in [5.41, 5.74) is 0.783. The maximum absolute atomic E-state index is 12.4. The van der Waals surface area contributed by atoms with Gasteiger partial charge >= 0.3 is 0 Å². The Morgan fingerprint density at radius 1 is 1.33 bits per heavy atom. The molecule has 4 nitrogen and oxygen atoms in total. The van der Waals surface area contributed by atoms with Crippen molar-refractivity contribution in [1.82, 2.24) is 4.90 Å². The molecule has 5 heteroatoms. The van der Waals surface area contributed by atoms with Gasteiger partial charge < -0.3 is 14.5 Å². The summed E-state index contributed by atoms with van der Waals surface area (Å²) >= 11 is 6.05. The lowest BCUT2D eigenvalue weighted by Gasteiger charge is -2.33. The molecule has 0 bridgehead atoms. The molecule has 0 N–H and O–H groups in total. The van der Waals surface area contributed by atoms with E-state index in [0.29, 0.717) is 11.6 Å². The third-order valence-corrected chi connectivity index (χ3v) is 4.11. The second-order valence-electron chi connectivity index (χ2n) is 5.24. The van der Waals surface area contributed by atoms with Gasteiger partial charge in [-0.1, -0.05) is 25.4 Å². The molecule has 1 aliphatic rings. The molecule has 1 aliphatic heterocycles. The van der Waals surface area contributed by atoms with E-state index in [0.717, 1.165) is 37.5 Å². The Morgan fingerprint density at radius 2 is 2.05 bits per heavy atom. The highest BCUT2D eigenvalue weighted by Crippen LogP contribution is 2.36. The zero-order valence-corrected chi connectivity index (χ0v) is 13.7. The summed E-state index contributed by atoms with van der Waals surface area (Å²) in [6.07, 6.45) is 0.499. The molecule has 0 radical (unpaired) electrons. The van der Waals surface area contributed by atoms with Crippen LogP contribution in [0.2, 0.25) is 5.02 Å². The second-order valence-corrected chi connectivity index (χ2v) is 5.68. The number of nitrogens with zero attached hydrogens (tertiary/aromatic N) is 2. The van der Waals surface area contributed by atoms with Crippen molar-refractivity contribution in [2.24, 2.45) is 0 Å². The first kappa shape index (κ1) is 16.1. The summed E-state index contributed by atoms with van der Waals surface area (Å²) in [6.45, 7) is 9.84. The molecule has 21 heavy (non-hydrogen) atoms. The molecule has 116 valence electrons. The third kappa shape index (κ3) is 3.69. The van der Waals surface area contributed by atoms with Crippen LogP contribution in [0.15, 0.2) is 18.2 Å². The first-order chi connectivity index (χ1) is 10.1. The SMILES string of the molecule is CCN(CC)CCCN1C(=O)C(C)Oc2ccc(Cl)cc21. The normalized spacial score (nSPS) is 17.9. The fourth-order valence-corrected chi connectivity index (χ4v) is 2.77. The Kier molecular flexibility index (Phi) is 5.48. The second kappa shape index (κ2) is 7.14. The monoisotopic (exact) mass is 310 g/mol. The molecule has 0 saturated carbocycles. The van der Waals surface area contributed by atoms with Crippen LogP contribution in [0.3, 0.4) is 0 Å². The van der Waals surface area contributed by atoms with Gasteiger partial charge in [0.2, 0.25) is 0 Å². The Bertz CT molecular complexity index is 503. The Hall–Kier alpha value is -1.26. The molecular weight excluding hydrogens is 288 g/mol. The van der Waals surface area contributed by atoms with Gasteiger partial charge in [0, 0.05) is 11.6 Å². The Labute approximate surface area is 131 Å². The van der Waals surface area contributed by atoms with Crippen molar-refractivity contribution in [3.05, 3.63) is 23.2 Å². The zero-order chi connectivity index (χ0) is 15.4. The minimum absolute atomic E-state index is 0.00399. The van der Waals surface area contributed by atoms with Crippen LogP contribution in [0.4, 0.5) is 5.69 Å². The van der Waals surface area contributed by atoms with Gasteiger partial charge in [0.1, 0.15) is 5.75 Å². The average Bonchev–Trinajstić information content (AvgIpc) is 2.48. The van der Waals surface area contributed by atoms with E-state index < -0.39 is 6.10 Å². The Morgan fingerprint density at radius 3 is 2.71 bits per heavy atom. The molecule has 1 aromatic rings. The molecule has 1 heterocycles. The van der Waals surface area contributed by atoms with Gasteiger partial charge in [-0.15, -0.1) is 0 Å². The van der Waals surface area contributed by atoms with Crippen LogP contribution in [-0.2, 0) is 4.79 Å². The molecular formula is C16H23ClN2O2. The quantitative estimate of drug-likeness (QED) is 0.809. The van der Waals surface area contributed by atoms with E-state index in [1.54, 1.807) is 24.0 Å². The van der Waals surface area contributed by atoms with Crippen molar-refractivity contribution in [3.8, 4) is 5.75 Å². The maximum atomic E-state index is 12.4. The number of carbonyl (C=O) groups excluding carboxylic acids is 1. The lowest BCUT2D eigenvalue weighted by atomic mass is 10.1. The highest BCUT2D eigenvalue weighted by Gasteiger charge is 2.31. The van der Waals surface area contributed by atoms with E-state index in [-0.39, 0.29) is 5.91 Å². The van der Waals surface area contributed by atoms with Crippen molar-refractivity contribution in [1.29, 1.82) is 0 Å². The van der Waals surface area contributed by atoms with E-state index in [1.165, 1.54) is 0 Å². The van der Waals surface area contributed by atoms with Crippen LogP contribution < -0.4 is 9.64 Å². The van der Waals surface area contributed by atoms with E-state index in [4.69, 9.17) is 16.3 Å². The number of ether oxygens (including phenoxy) is 1. The predicted molar refractivity (Wildman–Crippen MR) is 86.3 cm³/mol. The lowest BCUT2D eigenvalue weighted by molar-refractivity contribution is -0.125. The van der Waals surface area contributed by atoms with Crippen molar-refractivity contribution in [3.63, 3.8) is 0 Å². The largest absolute Gasteiger partial charge is 0.479 e. The highest BCUT2D eigenvalue weighted by molar-refractivity contribution is 6.31. The number of anilines is 1. The molecule has 1 aromatic carbocycles. The third-order valence-electron chi connectivity index (χ3n) is 3.88. The van der Waals surface area contributed by atoms with Crippen LogP contribution in [-0.4, -0.2) is 43.1 Å². The number of benzene rings is 1. The van der Waals surface area contributed by atoms with E-state index in [1.807, 2.05) is 6.07 Å². The average molecular weight is 311 g/mol. The van der Waals surface area contributed by atoms with Gasteiger partial charge in [-0.25, -0.2) is 0 Å².